The third-order valence-electron chi connectivity index (χ3n) is 5.79. The molecular formula is C29H25NS. The fourth-order valence-electron chi connectivity index (χ4n) is 4.06. The van der Waals surface area contributed by atoms with E-state index in [1.807, 2.05) is 37.4 Å². The van der Waals surface area contributed by atoms with Crippen LogP contribution >= 0.6 is 11.3 Å². The maximum Gasteiger partial charge on any atom is 0.0705 e. The van der Waals surface area contributed by atoms with E-state index in [9.17, 15) is 0 Å². The molecule has 31 heavy (non-hydrogen) atoms. The summed E-state index contributed by atoms with van der Waals surface area (Å²) in [5.74, 6) is -0.664. The first kappa shape index (κ1) is 18.5. The standard InChI is InChI=1S/C29H25NS/c1-19(2)23-14-15-30-27(18-23)24-16-25-20(3)28(22-12-8-5-9-13-22)31-29(25)26(17-24)21-10-6-4-7-11-21/h4-19H,1-3H3/i19D. The summed E-state index contributed by atoms with van der Waals surface area (Å²) in [5, 5.41) is 1.27. The highest BCUT2D eigenvalue weighted by Gasteiger charge is 2.17. The summed E-state index contributed by atoms with van der Waals surface area (Å²) in [5.41, 5.74) is 7.95. The molecule has 3 aromatic carbocycles. The number of pyridine rings is 1. The average molecular weight is 421 g/mol. The Kier molecular flexibility index (Phi) is 4.86. The van der Waals surface area contributed by atoms with Crippen LogP contribution < -0.4 is 0 Å². The second-order valence-electron chi connectivity index (χ2n) is 8.12. The van der Waals surface area contributed by atoms with Gasteiger partial charge in [0, 0.05) is 28.3 Å². The van der Waals surface area contributed by atoms with Crippen LogP contribution in [0.5, 0.6) is 0 Å². The first-order valence-electron chi connectivity index (χ1n) is 11.1. The van der Waals surface area contributed by atoms with E-state index < -0.39 is 5.89 Å². The van der Waals surface area contributed by atoms with E-state index >= 15 is 0 Å². The van der Waals surface area contributed by atoms with Crippen LogP contribution in [0.2, 0.25) is 0 Å². The number of thiophene rings is 1. The Balaban J connectivity index is 1.79. The largest absolute Gasteiger partial charge is 0.256 e. The van der Waals surface area contributed by atoms with Crippen molar-refractivity contribution in [3.05, 3.63) is 102 Å². The normalized spacial score (nSPS) is 12.2. The zero-order valence-electron chi connectivity index (χ0n) is 19.0. The molecule has 5 rings (SSSR count). The molecule has 0 fully saturated rings. The minimum absolute atomic E-state index is 0.664. The molecule has 0 radical (unpaired) electrons. The molecule has 152 valence electrons. The van der Waals surface area contributed by atoms with Crippen molar-refractivity contribution in [2.75, 3.05) is 0 Å². The van der Waals surface area contributed by atoms with Crippen molar-refractivity contribution in [3.63, 3.8) is 0 Å². The number of nitrogens with zero attached hydrogens (tertiary/aromatic N) is 1. The van der Waals surface area contributed by atoms with Gasteiger partial charge >= 0.3 is 0 Å². The van der Waals surface area contributed by atoms with Crippen LogP contribution in [0, 0.1) is 6.92 Å². The van der Waals surface area contributed by atoms with E-state index in [4.69, 9.17) is 1.37 Å². The van der Waals surface area contributed by atoms with Gasteiger partial charge in [-0.2, -0.15) is 0 Å². The van der Waals surface area contributed by atoms with E-state index in [1.54, 1.807) is 0 Å². The highest BCUT2D eigenvalue weighted by molar-refractivity contribution is 7.23. The lowest BCUT2D eigenvalue weighted by Gasteiger charge is -2.11. The van der Waals surface area contributed by atoms with Crippen molar-refractivity contribution in [2.45, 2.75) is 26.7 Å². The Hall–Kier alpha value is -3.23. The molecule has 1 nitrogen and oxygen atoms in total. The summed E-state index contributed by atoms with van der Waals surface area (Å²) in [4.78, 5) is 5.99. The summed E-state index contributed by atoms with van der Waals surface area (Å²) < 4.78 is 9.75. The third-order valence-corrected chi connectivity index (χ3v) is 7.18. The molecule has 2 heteroatoms. The number of hydrogen-bond donors (Lipinski definition) is 0. The van der Waals surface area contributed by atoms with Crippen molar-refractivity contribution in [1.82, 2.24) is 4.98 Å². The van der Waals surface area contributed by atoms with E-state index in [0.717, 1.165) is 16.8 Å². The first-order valence-corrected chi connectivity index (χ1v) is 11.4. The molecule has 2 heterocycles. The molecule has 0 saturated carbocycles. The number of rotatable bonds is 4. The van der Waals surface area contributed by atoms with Crippen molar-refractivity contribution >= 4 is 21.4 Å². The zero-order chi connectivity index (χ0) is 22.3. The molecular weight excluding hydrogens is 394 g/mol. The predicted octanol–water partition coefficient (Wildman–Crippen LogP) is 8.73. The lowest BCUT2D eigenvalue weighted by molar-refractivity contribution is 0.864. The fourth-order valence-corrected chi connectivity index (χ4v) is 5.39. The molecule has 0 atom stereocenters. The quantitative estimate of drug-likeness (QED) is 0.283. The number of aryl methyl sites for hydroxylation is 1. The number of fused-ring (bicyclic) bond motifs is 1. The first-order chi connectivity index (χ1) is 15.4. The van der Waals surface area contributed by atoms with Crippen LogP contribution in [0.15, 0.2) is 91.1 Å². The van der Waals surface area contributed by atoms with Gasteiger partial charge in [-0.1, -0.05) is 74.5 Å². The maximum atomic E-state index is 8.45. The van der Waals surface area contributed by atoms with Crippen LogP contribution in [0.4, 0.5) is 0 Å². The lowest BCUT2D eigenvalue weighted by Crippen LogP contribution is -1.91. The summed E-state index contributed by atoms with van der Waals surface area (Å²) in [7, 11) is 0. The van der Waals surface area contributed by atoms with Gasteiger partial charge in [-0.05, 0) is 64.7 Å². The van der Waals surface area contributed by atoms with Gasteiger partial charge in [0.1, 0.15) is 0 Å². The highest BCUT2D eigenvalue weighted by atomic mass is 32.1. The van der Waals surface area contributed by atoms with E-state index in [2.05, 4.69) is 90.8 Å². The molecule has 0 aliphatic heterocycles. The number of aromatic nitrogens is 1. The molecule has 0 amide bonds. The van der Waals surface area contributed by atoms with Gasteiger partial charge in [-0.25, -0.2) is 0 Å². The Labute approximate surface area is 189 Å². The number of hydrogen-bond acceptors (Lipinski definition) is 2. The molecule has 0 bridgehead atoms. The molecule has 0 saturated heterocycles. The predicted molar refractivity (Wildman–Crippen MR) is 135 cm³/mol. The van der Waals surface area contributed by atoms with Gasteiger partial charge in [-0.3, -0.25) is 4.98 Å². The molecule has 0 aliphatic rings. The number of benzene rings is 3. The molecule has 0 aliphatic carbocycles. The zero-order valence-corrected chi connectivity index (χ0v) is 18.8. The minimum Gasteiger partial charge on any atom is -0.256 e. The molecule has 0 N–H and O–H groups in total. The summed E-state index contributed by atoms with van der Waals surface area (Å²) >= 11 is 1.86. The van der Waals surface area contributed by atoms with Crippen LogP contribution in [0.25, 0.3) is 42.9 Å². The topological polar surface area (TPSA) is 12.9 Å². The molecule has 5 aromatic rings. The van der Waals surface area contributed by atoms with Crippen molar-refractivity contribution in [1.29, 1.82) is 0 Å². The van der Waals surface area contributed by atoms with Crippen molar-refractivity contribution < 1.29 is 1.37 Å². The van der Waals surface area contributed by atoms with Crippen LogP contribution in [0.1, 0.15) is 32.2 Å². The Bertz CT molecular complexity index is 1400. The summed E-state index contributed by atoms with van der Waals surface area (Å²) in [6.45, 7) is 6.05. The van der Waals surface area contributed by atoms with Gasteiger partial charge in [0.05, 0.1) is 5.69 Å². The van der Waals surface area contributed by atoms with E-state index in [-0.39, 0.29) is 0 Å². The van der Waals surface area contributed by atoms with Crippen molar-refractivity contribution in [2.24, 2.45) is 0 Å². The fraction of sp³-hybridized carbons (Fsp3) is 0.138. The summed E-state index contributed by atoms with van der Waals surface area (Å²) in [6, 6.07) is 29.7. The molecule has 0 unspecified atom stereocenters. The van der Waals surface area contributed by atoms with Crippen LogP contribution in [0.3, 0.4) is 0 Å². The van der Waals surface area contributed by atoms with Gasteiger partial charge in [-0.15, -0.1) is 11.3 Å². The van der Waals surface area contributed by atoms with E-state index in [1.165, 1.54) is 37.2 Å². The van der Waals surface area contributed by atoms with Crippen LogP contribution in [-0.4, -0.2) is 4.98 Å². The second kappa shape index (κ2) is 8.13. The highest BCUT2D eigenvalue weighted by Crippen LogP contribution is 2.44. The minimum atomic E-state index is -0.664. The van der Waals surface area contributed by atoms with Gasteiger partial charge < -0.3 is 0 Å². The van der Waals surface area contributed by atoms with Gasteiger partial charge in [0.25, 0.3) is 0 Å². The van der Waals surface area contributed by atoms with Crippen molar-refractivity contribution in [3.8, 4) is 32.8 Å². The van der Waals surface area contributed by atoms with Crippen LogP contribution in [-0.2, 0) is 0 Å². The molecule has 0 spiro atoms. The van der Waals surface area contributed by atoms with Gasteiger partial charge in [0.15, 0.2) is 0 Å². The Morgan fingerprint density at radius 3 is 2.16 bits per heavy atom. The lowest BCUT2D eigenvalue weighted by atomic mass is 9.95. The second-order valence-corrected chi connectivity index (χ2v) is 9.14. The summed E-state index contributed by atoms with van der Waals surface area (Å²) in [6.07, 6.45) is 1.82. The molecule has 2 aromatic heterocycles. The SMILES string of the molecule is [2H]C(C)(C)c1ccnc(-c2cc(-c3ccccc3)c3sc(-c4ccccc4)c(C)c3c2)c1. The third kappa shape index (κ3) is 3.68. The Morgan fingerprint density at radius 1 is 0.806 bits per heavy atom. The maximum absolute atomic E-state index is 8.45. The Morgan fingerprint density at radius 2 is 1.48 bits per heavy atom. The van der Waals surface area contributed by atoms with E-state index in [0.29, 0.717) is 0 Å². The smallest absolute Gasteiger partial charge is 0.0705 e. The monoisotopic (exact) mass is 420 g/mol. The van der Waals surface area contributed by atoms with Gasteiger partial charge in [0.2, 0.25) is 0 Å². The average Bonchev–Trinajstić information content (AvgIpc) is 3.15.